The minimum atomic E-state index is -5.08. The molecule has 0 aromatic heterocycles. The van der Waals surface area contributed by atoms with E-state index >= 15 is 0 Å². The van der Waals surface area contributed by atoms with Crippen molar-refractivity contribution in [2.24, 2.45) is 5.92 Å². The number of hydrogen-bond donors (Lipinski definition) is 2. The van der Waals surface area contributed by atoms with Crippen LogP contribution in [0, 0.1) is 5.92 Å². The molecule has 2 heterocycles. The molecule has 0 saturated carbocycles. The van der Waals surface area contributed by atoms with Crippen LogP contribution in [0.2, 0.25) is 0 Å². The Morgan fingerprint density at radius 2 is 1.56 bits per heavy atom. The molecule has 2 aliphatic rings. The van der Waals surface area contributed by atoms with Crippen molar-refractivity contribution in [3.8, 4) is 0 Å². The molecule has 222 valence electrons. The second-order valence-corrected chi connectivity index (χ2v) is 12.2. The maximum atomic E-state index is 13.5. The fourth-order valence-corrected chi connectivity index (χ4v) is 5.93. The van der Waals surface area contributed by atoms with Gasteiger partial charge in [0.25, 0.3) is 0 Å². The average Bonchev–Trinajstić information content (AvgIpc) is 2.89. The first-order valence-electron chi connectivity index (χ1n) is 13.4. The molecule has 0 spiro atoms. The third kappa shape index (κ3) is 11.4. The summed E-state index contributed by atoms with van der Waals surface area (Å²) < 4.78 is 60.3. The quantitative estimate of drug-likeness (QED) is 0.439. The number of carboxylic acids is 1. The SMILES string of the molecule is CC(C)Cc1ccc(S(=O)(=O)N(CCC(=O)N2CCNCC2)CCN2CCCCC2)cc1.O=C(O)C(F)(F)F. The lowest BCUT2D eigenvalue weighted by atomic mass is 10.0. The number of benzene rings is 1. The summed E-state index contributed by atoms with van der Waals surface area (Å²) in [6.45, 7) is 10.7. The van der Waals surface area contributed by atoms with Crippen LogP contribution in [-0.2, 0) is 26.0 Å². The van der Waals surface area contributed by atoms with Gasteiger partial charge in [0.2, 0.25) is 15.9 Å². The minimum Gasteiger partial charge on any atom is -0.475 e. The molecule has 2 fully saturated rings. The number of rotatable bonds is 10. The Hall–Kier alpha value is -2.22. The van der Waals surface area contributed by atoms with Gasteiger partial charge in [-0.3, -0.25) is 4.79 Å². The van der Waals surface area contributed by atoms with E-state index in [1.807, 2.05) is 17.0 Å². The Kier molecular flexibility index (Phi) is 13.1. The number of carbonyl (C=O) groups excluding carboxylic acids is 1. The van der Waals surface area contributed by atoms with E-state index in [1.165, 1.54) is 23.6 Å². The second kappa shape index (κ2) is 15.5. The van der Waals surface area contributed by atoms with Crippen molar-refractivity contribution in [1.29, 1.82) is 0 Å². The smallest absolute Gasteiger partial charge is 0.475 e. The second-order valence-electron chi connectivity index (χ2n) is 10.2. The summed E-state index contributed by atoms with van der Waals surface area (Å²) in [4.78, 5) is 26.1. The van der Waals surface area contributed by atoms with E-state index in [2.05, 4.69) is 24.1 Å². The molecule has 0 aliphatic carbocycles. The molecule has 0 unspecified atom stereocenters. The Labute approximate surface area is 229 Å². The van der Waals surface area contributed by atoms with Crippen molar-refractivity contribution in [2.75, 3.05) is 58.9 Å². The van der Waals surface area contributed by atoms with E-state index in [9.17, 15) is 26.4 Å². The summed E-state index contributed by atoms with van der Waals surface area (Å²) in [5, 5.41) is 10.4. The molecule has 1 aromatic rings. The number of carbonyl (C=O) groups is 2. The van der Waals surface area contributed by atoms with E-state index < -0.39 is 22.2 Å². The molecule has 1 aromatic carbocycles. The first-order valence-corrected chi connectivity index (χ1v) is 14.8. The fourth-order valence-electron chi connectivity index (χ4n) is 4.50. The van der Waals surface area contributed by atoms with Gasteiger partial charge in [0.05, 0.1) is 4.90 Å². The first-order chi connectivity index (χ1) is 18.3. The van der Waals surface area contributed by atoms with Gasteiger partial charge in [-0.1, -0.05) is 32.4 Å². The van der Waals surface area contributed by atoms with E-state index in [4.69, 9.17) is 9.90 Å². The number of nitrogens with one attached hydrogen (secondary N) is 1. The van der Waals surface area contributed by atoms with Crippen molar-refractivity contribution < 1.29 is 36.3 Å². The van der Waals surface area contributed by atoms with E-state index in [1.54, 1.807) is 12.1 Å². The largest absolute Gasteiger partial charge is 0.490 e. The van der Waals surface area contributed by atoms with Gasteiger partial charge >= 0.3 is 12.1 Å². The number of amides is 1. The zero-order valence-electron chi connectivity index (χ0n) is 22.8. The number of aliphatic carboxylic acids is 1. The first kappa shape index (κ1) is 33.0. The lowest BCUT2D eigenvalue weighted by molar-refractivity contribution is -0.192. The standard InChI is InChI=1S/C24H40N4O3S.C2HF3O2/c1-21(2)20-22-6-8-23(9-7-22)32(30,31)28(19-18-26-13-4-3-5-14-26)15-10-24(29)27-16-11-25-12-17-27;3-2(4,5)1(6)7/h6-9,21,25H,3-5,10-20H2,1-2H3;(H,6,7). The number of carboxylic acid groups (broad SMARTS) is 1. The molecule has 0 atom stereocenters. The van der Waals surface area contributed by atoms with Gasteiger partial charge in [-0.2, -0.15) is 17.5 Å². The van der Waals surface area contributed by atoms with E-state index in [0.717, 1.165) is 38.2 Å². The number of halogens is 3. The highest BCUT2D eigenvalue weighted by Gasteiger charge is 2.38. The monoisotopic (exact) mass is 578 g/mol. The Morgan fingerprint density at radius 3 is 2.08 bits per heavy atom. The van der Waals surface area contributed by atoms with Crippen molar-refractivity contribution in [3.05, 3.63) is 29.8 Å². The van der Waals surface area contributed by atoms with Crippen molar-refractivity contribution >= 4 is 21.9 Å². The Bertz CT molecular complexity index is 1010. The van der Waals surface area contributed by atoms with E-state index in [0.29, 0.717) is 37.0 Å². The van der Waals surface area contributed by atoms with Gasteiger partial charge in [0.1, 0.15) is 0 Å². The van der Waals surface area contributed by atoms with Crippen LogP contribution in [0.15, 0.2) is 29.2 Å². The topological polar surface area (TPSA) is 110 Å². The molecule has 13 heteroatoms. The van der Waals surface area contributed by atoms with E-state index in [-0.39, 0.29) is 18.9 Å². The molecule has 39 heavy (non-hydrogen) atoms. The van der Waals surface area contributed by atoms with Crippen LogP contribution < -0.4 is 5.32 Å². The molecule has 1 amide bonds. The van der Waals surface area contributed by atoms with Gasteiger partial charge in [-0.25, -0.2) is 13.2 Å². The maximum absolute atomic E-state index is 13.5. The number of piperazine rings is 1. The average molecular weight is 579 g/mol. The number of nitrogens with zero attached hydrogens (tertiary/aromatic N) is 3. The molecule has 2 N–H and O–H groups in total. The molecular formula is C26H41F3N4O5S. The lowest BCUT2D eigenvalue weighted by Gasteiger charge is -2.31. The van der Waals surface area contributed by atoms with Gasteiger partial charge < -0.3 is 20.2 Å². The Morgan fingerprint density at radius 1 is 1.00 bits per heavy atom. The zero-order chi connectivity index (χ0) is 29.1. The molecule has 2 aliphatic heterocycles. The predicted molar refractivity (Wildman–Crippen MR) is 142 cm³/mol. The van der Waals surface area contributed by atoms with Crippen LogP contribution in [0.1, 0.15) is 45.1 Å². The van der Waals surface area contributed by atoms with Crippen LogP contribution in [0.5, 0.6) is 0 Å². The minimum absolute atomic E-state index is 0.0388. The number of likely N-dealkylation sites (tertiary alicyclic amines) is 1. The highest BCUT2D eigenvalue weighted by Crippen LogP contribution is 2.19. The van der Waals surface area contributed by atoms with Crippen molar-refractivity contribution in [2.45, 2.75) is 57.0 Å². The zero-order valence-corrected chi connectivity index (χ0v) is 23.6. The number of piperidine rings is 1. The van der Waals surface area contributed by atoms with Gasteiger partial charge in [0.15, 0.2) is 0 Å². The molecule has 9 nitrogen and oxygen atoms in total. The van der Waals surface area contributed by atoms with Gasteiger partial charge in [-0.05, 0) is 56.0 Å². The maximum Gasteiger partial charge on any atom is 0.490 e. The molecule has 0 bridgehead atoms. The highest BCUT2D eigenvalue weighted by molar-refractivity contribution is 7.89. The van der Waals surface area contributed by atoms with Crippen molar-refractivity contribution in [3.63, 3.8) is 0 Å². The third-order valence-electron chi connectivity index (χ3n) is 6.61. The molecule has 0 radical (unpaired) electrons. The normalized spacial score (nSPS) is 17.2. The van der Waals surface area contributed by atoms with Gasteiger partial charge in [0, 0.05) is 52.2 Å². The summed E-state index contributed by atoms with van der Waals surface area (Å²) in [5.74, 6) is -2.20. The molecule has 3 rings (SSSR count). The highest BCUT2D eigenvalue weighted by atomic mass is 32.2. The summed E-state index contributed by atoms with van der Waals surface area (Å²) >= 11 is 0. The summed E-state index contributed by atoms with van der Waals surface area (Å²) in [6.07, 6.45) is -0.333. The molecular weight excluding hydrogens is 537 g/mol. The van der Waals surface area contributed by atoms with Gasteiger partial charge in [-0.15, -0.1) is 0 Å². The van der Waals surface area contributed by atoms with Crippen LogP contribution in [0.25, 0.3) is 0 Å². The summed E-state index contributed by atoms with van der Waals surface area (Å²) in [6, 6.07) is 7.28. The summed E-state index contributed by atoms with van der Waals surface area (Å²) in [7, 11) is -3.65. The van der Waals surface area contributed by atoms with Crippen molar-refractivity contribution in [1.82, 2.24) is 19.4 Å². The van der Waals surface area contributed by atoms with Crippen LogP contribution in [0.4, 0.5) is 13.2 Å². The predicted octanol–water partition coefficient (Wildman–Crippen LogP) is 2.82. The van der Waals surface area contributed by atoms with Crippen LogP contribution >= 0.6 is 0 Å². The third-order valence-corrected chi connectivity index (χ3v) is 8.52. The number of sulfonamides is 1. The molecule has 2 saturated heterocycles. The van der Waals surface area contributed by atoms with Crippen LogP contribution in [-0.4, -0.2) is 105 Å². The lowest BCUT2D eigenvalue weighted by Crippen LogP contribution is -2.47. The van der Waals surface area contributed by atoms with Crippen LogP contribution in [0.3, 0.4) is 0 Å². The Balaban J connectivity index is 0.000000673. The fraction of sp³-hybridized carbons (Fsp3) is 0.692. The summed E-state index contributed by atoms with van der Waals surface area (Å²) in [5.41, 5.74) is 1.15. The number of hydrogen-bond acceptors (Lipinski definition) is 6. The number of alkyl halides is 3.